The number of hydrogen-bond acceptors (Lipinski definition) is 3. The van der Waals surface area contributed by atoms with Crippen molar-refractivity contribution in [1.82, 2.24) is 10.2 Å². The van der Waals surface area contributed by atoms with Gasteiger partial charge in [-0.05, 0) is 19.4 Å². The van der Waals surface area contributed by atoms with Crippen LogP contribution in [0.4, 0.5) is 5.82 Å². The Morgan fingerprint density at radius 2 is 2.33 bits per heavy atom. The van der Waals surface area contributed by atoms with Gasteiger partial charge in [0.15, 0.2) is 0 Å². The Bertz CT molecular complexity index is 473. The van der Waals surface area contributed by atoms with Gasteiger partial charge < -0.3 is 5.32 Å². The van der Waals surface area contributed by atoms with Gasteiger partial charge in [-0.25, -0.2) is 0 Å². The number of carbonyl (C=O) groups excluding carboxylic acids is 1. The zero-order chi connectivity index (χ0) is 10.8. The summed E-state index contributed by atoms with van der Waals surface area (Å²) in [5.41, 5.74) is 1.77. The van der Waals surface area contributed by atoms with Crippen LogP contribution in [-0.4, -0.2) is 16.1 Å². The van der Waals surface area contributed by atoms with Gasteiger partial charge in [-0.3, -0.25) is 9.89 Å². The number of amides is 1. The molecule has 0 aliphatic carbocycles. The van der Waals surface area contributed by atoms with Gasteiger partial charge in [0.2, 0.25) is 0 Å². The number of hydrogen-bond donors (Lipinski definition) is 2. The van der Waals surface area contributed by atoms with Gasteiger partial charge in [0.1, 0.15) is 5.82 Å². The summed E-state index contributed by atoms with van der Waals surface area (Å²) in [6.07, 6.45) is 1.60. The van der Waals surface area contributed by atoms with Crippen molar-refractivity contribution in [2.45, 2.75) is 13.8 Å². The van der Waals surface area contributed by atoms with E-state index in [0.29, 0.717) is 5.82 Å². The van der Waals surface area contributed by atoms with Gasteiger partial charge in [0.25, 0.3) is 5.91 Å². The number of aromatic nitrogens is 2. The molecule has 4 nitrogen and oxygen atoms in total. The molecule has 0 spiro atoms. The number of H-pyrrole nitrogens is 1. The molecule has 0 aromatic carbocycles. The van der Waals surface area contributed by atoms with Crippen LogP contribution in [0.15, 0.2) is 17.6 Å². The molecule has 2 aromatic heterocycles. The molecular weight excluding hydrogens is 210 g/mol. The maximum Gasteiger partial charge on any atom is 0.257 e. The Hall–Kier alpha value is -1.62. The van der Waals surface area contributed by atoms with E-state index in [0.717, 1.165) is 11.1 Å². The first-order valence-corrected chi connectivity index (χ1v) is 5.42. The molecule has 0 fully saturated rings. The Labute approximate surface area is 91.3 Å². The predicted molar refractivity (Wildman–Crippen MR) is 60.3 cm³/mol. The summed E-state index contributed by atoms with van der Waals surface area (Å²) in [6.45, 7) is 3.96. The number of aryl methyl sites for hydroxylation is 1. The molecule has 2 aromatic rings. The number of aromatic amines is 1. The molecule has 78 valence electrons. The van der Waals surface area contributed by atoms with Crippen LogP contribution in [0.3, 0.4) is 0 Å². The van der Waals surface area contributed by atoms with Crippen molar-refractivity contribution < 1.29 is 4.79 Å². The SMILES string of the molecule is Cc1scc(C(=O)Nc2ccn[nH]2)c1C. The van der Waals surface area contributed by atoms with Crippen LogP contribution < -0.4 is 5.32 Å². The molecule has 2 heterocycles. The zero-order valence-electron chi connectivity index (χ0n) is 8.50. The lowest BCUT2D eigenvalue weighted by Gasteiger charge is -2.01. The fourth-order valence-corrected chi connectivity index (χ4v) is 2.12. The van der Waals surface area contributed by atoms with E-state index in [1.54, 1.807) is 23.6 Å². The molecule has 0 bridgehead atoms. The molecule has 0 saturated carbocycles. The Balaban J connectivity index is 2.19. The first-order valence-electron chi connectivity index (χ1n) is 4.54. The molecule has 5 heteroatoms. The average Bonchev–Trinajstić information content (AvgIpc) is 2.79. The molecule has 0 aliphatic heterocycles. The minimum atomic E-state index is -0.0962. The summed E-state index contributed by atoms with van der Waals surface area (Å²) in [7, 11) is 0. The first kappa shape index (κ1) is 9.92. The molecule has 2 rings (SSSR count). The second-order valence-electron chi connectivity index (χ2n) is 3.26. The summed E-state index contributed by atoms with van der Waals surface area (Å²) in [5, 5.41) is 11.1. The Morgan fingerprint density at radius 1 is 1.53 bits per heavy atom. The van der Waals surface area contributed by atoms with Gasteiger partial charge in [-0.2, -0.15) is 5.10 Å². The normalized spacial score (nSPS) is 10.3. The van der Waals surface area contributed by atoms with Gasteiger partial charge in [-0.15, -0.1) is 11.3 Å². The van der Waals surface area contributed by atoms with E-state index < -0.39 is 0 Å². The first-order chi connectivity index (χ1) is 7.18. The standard InChI is InChI=1S/C10H11N3OS/c1-6-7(2)15-5-8(6)10(14)12-9-3-4-11-13-9/h3-5H,1-2H3,(H2,11,12,13,14). The third kappa shape index (κ3) is 1.92. The van der Waals surface area contributed by atoms with Crippen LogP contribution in [0.5, 0.6) is 0 Å². The number of nitrogens with zero attached hydrogens (tertiary/aromatic N) is 1. The van der Waals surface area contributed by atoms with E-state index in [2.05, 4.69) is 15.5 Å². The summed E-state index contributed by atoms with van der Waals surface area (Å²) >= 11 is 1.59. The van der Waals surface area contributed by atoms with Crippen LogP contribution in [0, 0.1) is 13.8 Å². The van der Waals surface area contributed by atoms with Crippen LogP contribution >= 0.6 is 11.3 Å². The largest absolute Gasteiger partial charge is 0.307 e. The maximum absolute atomic E-state index is 11.8. The summed E-state index contributed by atoms with van der Waals surface area (Å²) < 4.78 is 0. The lowest BCUT2D eigenvalue weighted by atomic mass is 10.2. The van der Waals surface area contributed by atoms with Crippen LogP contribution in [-0.2, 0) is 0 Å². The highest BCUT2D eigenvalue weighted by atomic mass is 32.1. The number of anilines is 1. The second kappa shape index (κ2) is 3.86. The van der Waals surface area contributed by atoms with Crippen molar-refractivity contribution in [3.63, 3.8) is 0 Å². The van der Waals surface area contributed by atoms with E-state index in [1.807, 2.05) is 19.2 Å². The van der Waals surface area contributed by atoms with Crippen molar-refractivity contribution >= 4 is 23.1 Å². The summed E-state index contributed by atoms with van der Waals surface area (Å²) in [6, 6.07) is 1.71. The highest BCUT2D eigenvalue weighted by molar-refractivity contribution is 7.10. The number of rotatable bonds is 2. The fourth-order valence-electron chi connectivity index (χ4n) is 1.25. The Morgan fingerprint density at radius 3 is 2.87 bits per heavy atom. The minimum Gasteiger partial charge on any atom is -0.307 e. The number of carbonyl (C=O) groups is 1. The van der Waals surface area contributed by atoms with Crippen molar-refractivity contribution in [1.29, 1.82) is 0 Å². The van der Waals surface area contributed by atoms with Crippen molar-refractivity contribution in [2.24, 2.45) is 0 Å². The fraction of sp³-hybridized carbons (Fsp3) is 0.200. The lowest BCUT2D eigenvalue weighted by Crippen LogP contribution is -2.12. The van der Waals surface area contributed by atoms with Gasteiger partial charge in [0.05, 0.1) is 11.8 Å². The molecule has 0 saturated heterocycles. The molecular formula is C10H11N3OS. The van der Waals surface area contributed by atoms with Crippen molar-refractivity contribution in [3.8, 4) is 0 Å². The molecule has 0 unspecified atom stereocenters. The van der Waals surface area contributed by atoms with Crippen LogP contribution in [0.2, 0.25) is 0 Å². The summed E-state index contributed by atoms with van der Waals surface area (Å²) in [5.74, 6) is 0.518. The van der Waals surface area contributed by atoms with E-state index in [9.17, 15) is 4.79 Å². The van der Waals surface area contributed by atoms with Crippen molar-refractivity contribution in [3.05, 3.63) is 33.6 Å². The third-order valence-electron chi connectivity index (χ3n) is 2.28. The topological polar surface area (TPSA) is 57.8 Å². The molecule has 0 atom stereocenters. The smallest absolute Gasteiger partial charge is 0.257 e. The van der Waals surface area contributed by atoms with Gasteiger partial charge in [0, 0.05) is 16.3 Å². The highest BCUT2D eigenvalue weighted by Crippen LogP contribution is 2.21. The van der Waals surface area contributed by atoms with E-state index >= 15 is 0 Å². The molecule has 15 heavy (non-hydrogen) atoms. The van der Waals surface area contributed by atoms with Crippen molar-refractivity contribution in [2.75, 3.05) is 5.32 Å². The van der Waals surface area contributed by atoms with Gasteiger partial charge >= 0.3 is 0 Å². The van der Waals surface area contributed by atoms with E-state index in [-0.39, 0.29) is 5.91 Å². The molecule has 1 amide bonds. The lowest BCUT2D eigenvalue weighted by molar-refractivity contribution is 0.102. The van der Waals surface area contributed by atoms with Gasteiger partial charge in [-0.1, -0.05) is 0 Å². The second-order valence-corrected chi connectivity index (χ2v) is 4.34. The monoisotopic (exact) mass is 221 g/mol. The van der Waals surface area contributed by atoms with Crippen LogP contribution in [0.1, 0.15) is 20.8 Å². The average molecular weight is 221 g/mol. The third-order valence-corrected chi connectivity index (χ3v) is 3.29. The molecule has 0 aliphatic rings. The maximum atomic E-state index is 11.8. The molecule has 0 radical (unpaired) electrons. The Kier molecular flexibility index (Phi) is 2.55. The predicted octanol–water partition coefficient (Wildman–Crippen LogP) is 2.34. The highest BCUT2D eigenvalue weighted by Gasteiger charge is 2.12. The molecule has 2 N–H and O–H groups in total. The summed E-state index contributed by atoms with van der Waals surface area (Å²) in [4.78, 5) is 13.0. The minimum absolute atomic E-state index is 0.0962. The quantitative estimate of drug-likeness (QED) is 0.817. The number of nitrogens with one attached hydrogen (secondary N) is 2. The van der Waals surface area contributed by atoms with E-state index in [1.165, 1.54) is 4.88 Å². The van der Waals surface area contributed by atoms with E-state index in [4.69, 9.17) is 0 Å². The zero-order valence-corrected chi connectivity index (χ0v) is 9.31. The van der Waals surface area contributed by atoms with Crippen LogP contribution in [0.25, 0.3) is 0 Å². The number of thiophene rings is 1.